The van der Waals surface area contributed by atoms with Crippen molar-refractivity contribution in [3.05, 3.63) is 85.0 Å². The number of hydrogen-bond acceptors (Lipinski definition) is 6. The molecule has 6 heteroatoms. The number of rotatable bonds is 18. The van der Waals surface area contributed by atoms with E-state index in [0.717, 1.165) is 22.6 Å². The zero-order valence-corrected chi connectivity index (χ0v) is 29.7. The third-order valence-corrected chi connectivity index (χ3v) is 9.23. The third-order valence-electron chi connectivity index (χ3n) is 9.23. The quantitative estimate of drug-likeness (QED) is 0.155. The zero-order chi connectivity index (χ0) is 34.4. The molecular weight excluding hydrogens is 564 g/mol. The predicted molar refractivity (Wildman–Crippen MR) is 183 cm³/mol. The number of hydrogen-bond donors (Lipinski definition) is 0. The van der Waals surface area contributed by atoms with Crippen molar-refractivity contribution in [1.29, 1.82) is 0 Å². The molecule has 0 aliphatic heterocycles. The Labute approximate surface area is 272 Å². The molecule has 248 valence electrons. The molecule has 0 N–H and O–H groups in total. The molecule has 2 aromatic rings. The lowest BCUT2D eigenvalue weighted by molar-refractivity contribution is -0.139. The lowest BCUT2D eigenvalue weighted by Gasteiger charge is -2.35. The van der Waals surface area contributed by atoms with Crippen molar-refractivity contribution in [1.82, 2.24) is 0 Å². The highest BCUT2D eigenvalue weighted by Crippen LogP contribution is 2.35. The van der Waals surface area contributed by atoms with Gasteiger partial charge in [0, 0.05) is 17.3 Å². The van der Waals surface area contributed by atoms with Gasteiger partial charge in [0.25, 0.3) is 0 Å². The Morgan fingerprint density at radius 3 is 1.16 bits per heavy atom. The molecule has 0 saturated heterocycles. The summed E-state index contributed by atoms with van der Waals surface area (Å²) >= 11 is 0. The molecule has 2 atom stereocenters. The minimum Gasteiger partial charge on any atom is -0.488 e. The van der Waals surface area contributed by atoms with Crippen LogP contribution < -0.4 is 9.47 Å². The van der Waals surface area contributed by atoms with Gasteiger partial charge in [-0.3, -0.25) is 9.59 Å². The van der Waals surface area contributed by atoms with Crippen LogP contribution in [-0.2, 0) is 24.5 Å². The Hall–Kier alpha value is -3.22. The van der Waals surface area contributed by atoms with Crippen LogP contribution in [0, 0.1) is 11.8 Å². The van der Waals surface area contributed by atoms with Gasteiger partial charge in [-0.1, -0.05) is 65.1 Å². The van der Waals surface area contributed by atoms with Crippen molar-refractivity contribution >= 4 is 11.6 Å². The lowest BCUT2D eigenvalue weighted by atomic mass is 9.78. The molecule has 6 nitrogen and oxygen atoms in total. The fourth-order valence-corrected chi connectivity index (χ4v) is 4.56. The summed E-state index contributed by atoms with van der Waals surface area (Å²) in [5, 5.41) is 0. The molecule has 2 rings (SSSR count). The number of ketones is 2. The van der Waals surface area contributed by atoms with E-state index in [4.69, 9.17) is 18.9 Å². The van der Waals surface area contributed by atoms with Gasteiger partial charge in [-0.2, -0.15) is 0 Å². The van der Waals surface area contributed by atoms with Gasteiger partial charge in [-0.15, -0.1) is 0 Å². The highest BCUT2D eigenvalue weighted by molar-refractivity contribution is 5.96. The number of carbonyl (C=O) groups excluding carboxylic acids is 2. The minimum atomic E-state index is -0.918. The van der Waals surface area contributed by atoms with E-state index in [1.165, 1.54) is 12.2 Å². The molecule has 0 bridgehead atoms. The summed E-state index contributed by atoms with van der Waals surface area (Å²) in [6.07, 6.45) is 2.60. The molecule has 2 aromatic carbocycles. The topological polar surface area (TPSA) is 71.1 Å². The number of carbonyl (C=O) groups is 2. The van der Waals surface area contributed by atoms with E-state index in [1.807, 2.05) is 52.0 Å². The normalized spacial score (nSPS) is 14.3. The molecule has 2 unspecified atom stereocenters. The van der Waals surface area contributed by atoms with E-state index >= 15 is 0 Å². The summed E-state index contributed by atoms with van der Waals surface area (Å²) in [5.41, 5.74) is -0.808. The summed E-state index contributed by atoms with van der Waals surface area (Å²) < 4.78 is 24.6. The molecule has 0 amide bonds. The van der Waals surface area contributed by atoms with Crippen LogP contribution in [0.25, 0.3) is 0 Å². The highest BCUT2D eigenvalue weighted by atomic mass is 16.5. The molecule has 0 aliphatic rings. The second-order valence-corrected chi connectivity index (χ2v) is 14.7. The first-order valence-electron chi connectivity index (χ1n) is 15.8. The van der Waals surface area contributed by atoms with Crippen LogP contribution in [0.2, 0.25) is 0 Å². The summed E-state index contributed by atoms with van der Waals surface area (Å²) in [5.74, 6) is 1.32. The molecule has 0 aliphatic carbocycles. The average molecular weight is 621 g/mol. The van der Waals surface area contributed by atoms with Gasteiger partial charge in [0.15, 0.2) is 11.6 Å². The summed E-state index contributed by atoms with van der Waals surface area (Å²) in [4.78, 5) is 24.2. The van der Waals surface area contributed by atoms with Gasteiger partial charge in [0.05, 0.1) is 13.2 Å². The van der Waals surface area contributed by atoms with E-state index in [9.17, 15) is 9.59 Å². The van der Waals surface area contributed by atoms with Crippen LogP contribution in [0.15, 0.2) is 73.8 Å². The molecule has 0 radical (unpaired) electrons. The minimum absolute atomic E-state index is 0.0278. The van der Waals surface area contributed by atoms with Crippen LogP contribution >= 0.6 is 0 Å². The second kappa shape index (κ2) is 14.5. The number of ether oxygens (including phenoxy) is 4. The monoisotopic (exact) mass is 620 g/mol. The first kappa shape index (κ1) is 38.0. The molecular formula is C39H56O6. The van der Waals surface area contributed by atoms with Crippen LogP contribution in [0.1, 0.15) is 94.2 Å². The second-order valence-electron chi connectivity index (χ2n) is 14.7. The predicted octanol–water partition coefficient (Wildman–Crippen LogP) is 8.70. The molecule has 0 spiro atoms. The zero-order valence-electron chi connectivity index (χ0n) is 29.7. The fraction of sp³-hybridized carbons (Fsp3) is 0.538. The molecule has 45 heavy (non-hydrogen) atoms. The molecule has 0 fully saturated rings. The van der Waals surface area contributed by atoms with Gasteiger partial charge in [-0.05, 0) is 103 Å². The molecule has 0 heterocycles. The third kappa shape index (κ3) is 9.88. The molecule has 0 aromatic heterocycles. The SMILES string of the molecule is C=CC(=O)C(C)(C)OCC(C)C(C)(C)Oc1ccc(C(C)(C)c2ccc(OC(C)(C)C(C)COC(C)(C)C(=O)C=C)cc2)cc1. The van der Waals surface area contributed by atoms with Gasteiger partial charge in [-0.25, -0.2) is 0 Å². The summed E-state index contributed by atoms with van der Waals surface area (Å²) in [7, 11) is 0. The van der Waals surface area contributed by atoms with Gasteiger partial charge >= 0.3 is 0 Å². The van der Waals surface area contributed by atoms with Crippen LogP contribution in [0.3, 0.4) is 0 Å². The Balaban J connectivity index is 2.06. The van der Waals surface area contributed by atoms with Crippen molar-refractivity contribution in [3.8, 4) is 11.5 Å². The average Bonchev–Trinajstić information content (AvgIpc) is 2.97. The smallest absolute Gasteiger partial charge is 0.186 e. The number of benzene rings is 2. The van der Waals surface area contributed by atoms with E-state index < -0.39 is 22.4 Å². The van der Waals surface area contributed by atoms with Crippen LogP contribution in [0.5, 0.6) is 11.5 Å². The Morgan fingerprint density at radius 1 is 0.600 bits per heavy atom. The first-order valence-corrected chi connectivity index (χ1v) is 15.8. The van der Waals surface area contributed by atoms with E-state index in [0.29, 0.717) is 13.2 Å². The summed E-state index contributed by atoms with van der Waals surface area (Å²) in [6, 6.07) is 16.4. The van der Waals surface area contributed by atoms with Crippen molar-refractivity contribution in [2.75, 3.05) is 13.2 Å². The Bertz CT molecular complexity index is 1210. The van der Waals surface area contributed by atoms with Crippen LogP contribution in [-0.4, -0.2) is 47.2 Å². The van der Waals surface area contributed by atoms with Crippen molar-refractivity contribution in [3.63, 3.8) is 0 Å². The first-order chi connectivity index (χ1) is 20.6. The Morgan fingerprint density at radius 2 is 0.889 bits per heavy atom. The van der Waals surface area contributed by atoms with Crippen molar-refractivity contribution in [2.45, 2.75) is 111 Å². The van der Waals surface area contributed by atoms with Crippen LogP contribution in [0.4, 0.5) is 0 Å². The van der Waals surface area contributed by atoms with E-state index in [-0.39, 0.29) is 28.8 Å². The maximum atomic E-state index is 12.1. The van der Waals surface area contributed by atoms with E-state index in [2.05, 4.69) is 65.1 Å². The van der Waals surface area contributed by atoms with Gasteiger partial charge in [0.2, 0.25) is 0 Å². The molecule has 0 saturated carbocycles. The maximum absolute atomic E-state index is 12.1. The Kier molecular flexibility index (Phi) is 12.2. The van der Waals surface area contributed by atoms with Gasteiger partial charge in [0.1, 0.15) is 33.9 Å². The summed E-state index contributed by atoms with van der Waals surface area (Å²) in [6.45, 7) is 31.6. The van der Waals surface area contributed by atoms with Gasteiger partial charge < -0.3 is 18.9 Å². The maximum Gasteiger partial charge on any atom is 0.186 e. The van der Waals surface area contributed by atoms with Crippen molar-refractivity contribution in [2.24, 2.45) is 11.8 Å². The highest BCUT2D eigenvalue weighted by Gasteiger charge is 2.34. The largest absolute Gasteiger partial charge is 0.488 e. The van der Waals surface area contributed by atoms with Crippen molar-refractivity contribution < 1.29 is 28.5 Å². The lowest BCUT2D eigenvalue weighted by Crippen LogP contribution is -2.42. The standard InChI is InChI=1S/C39H56O6/c1-15-33(40)38(11,12)42-25-27(3)36(7,8)44-31-21-17-29(18-22-31)35(5,6)30-19-23-32(24-20-30)45-37(9,10)28(4)26-43-39(13,14)34(41)16-2/h15-24,27-28H,1-2,25-26H2,3-14H3. The fourth-order valence-electron chi connectivity index (χ4n) is 4.56. The van der Waals surface area contributed by atoms with E-state index in [1.54, 1.807) is 27.7 Å².